The van der Waals surface area contributed by atoms with Crippen LogP contribution in [0, 0.1) is 5.92 Å². The molecule has 0 heterocycles. The average Bonchev–Trinajstić information content (AvgIpc) is 2.05. The molecule has 0 spiro atoms. The molecule has 0 saturated carbocycles. The van der Waals surface area contributed by atoms with Crippen LogP contribution < -0.4 is 0 Å². The second-order valence-electron chi connectivity index (χ2n) is 3.05. The molecule has 0 aromatic carbocycles. The summed E-state index contributed by atoms with van der Waals surface area (Å²) in [5.74, 6) is 0.513. The third-order valence-corrected chi connectivity index (χ3v) is 2.09. The SMILES string of the molecule is C=C(C)C1C=CC(=CO)CC1. The maximum atomic E-state index is 8.68. The van der Waals surface area contributed by atoms with Crippen LogP contribution in [-0.4, -0.2) is 5.11 Å². The van der Waals surface area contributed by atoms with Crippen LogP contribution in [0.3, 0.4) is 0 Å². The van der Waals surface area contributed by atoms with Crippen molar-refractivity contribution in [3.05, 3.63) is 36.1 Å². The molecule has 1 aliphatic carbocycles. The minimum atomic E-state index is 0.513. The van der Waals surface area contributed by atoms with E-state index < -0.39 is 0 Å². The number of aliphatic hydroxyl groups excluding tert-OH is 1. The van der Waals surface area contributed by atoms with Gasteiger partial charge in [0.1, 0.15) is 0 Å². The number of hydrogen-bond acceptors (Lipinski definition) is 1. The molecule has 1 atom stereocenters. The lowest BCUT2D eigenvalue weighted by Crippen LogP contribution is -2.02. The molecule has 11 heavy (non-hydrogen) atoms. The van der Waals surface area contributed by atoms with Crippen molar-refractivity contribution >= 4 is 0 Å². The standard InChI is InChI=1S/C10H14O/c1-8(2)10-5-3-9(7-11)4-6-10/h3,5,7,10-11H,1,4,6H2,2H3. The second-order valence-corrected chi connectivity index (χ2v) is 3.05. The minimum absolute atomic E-state index is 0.513. The Morgan fingerprint density at radius 3 is 2.91 bits per heavy atom. The first-order valence-electron chi connectivity index (χ1n) is 3.91. The van der Waals surface area contributed by atoms with Crippen molar-refractivity contribution in [1.29, 1.82) is 0 Å². The Morgan fingerprint density at radius 2 is 2.55 bits per heavy atom. The molecule has 1 N–H and O–H groups in total. The van der Waals surface area contributed by atoms with Crippen LogP contribution in [0.4, 0.5) is 0 Å². The molecule has 1 heteroatoms. The molecule has 0 aliphatic heterocycles. The van der Waals surface area contributed by atoms with Crippen LogP contribution in [-0.2, 0) is 0 Å². The van der Waals surface area contributed by atoms with E-state index in [2.05, 4.69) is 12.7 Å². The summed E-state index contributed by atoms with van der Waals surface area (Å²) in [5.41, 5.74) is 2.22. The quantitative estimate of drug-likeness (QED) is 0.450. The van der Waals surface area contributed by atoms with Gasteiger partial charge in [0.25, 0.3) is 0 Å². The predicted octanol–water partition coefficient (Wildman–Crippen LogP) is 2.97. The van der Waals surface area contributed by atoms with Gasteiger partial charge in [-0.2, -0.15) is 0 Å². The summed E-state index contributed by atoms with van der Waals surface area (Å²) in [4.78, 5) is 0. The summed E-state index contributed by atoms with van der Waals surface area (Å²) in [7, 11) is 0. The fourth-order valence-corrected chi connectivity index (χ4v) is 1.26. The molecule has 1 nitrogen and oxygen atoms in total. The average molecular weight is 150 g/mol. The topological polar surface area (TPSA) is 20.2 Å². The number of rotatable bonds is 1. The van der Waals surface area contributed by atoms with Crippen molar-refractivity contribution in [3.8, 4) is 0 Å². The molecule has 60 valence electrons. The summed E-state index contributed by atoms with van der Waals surface area (Å²) in [6.45, 7) is 5.94. The largest absolute Gasteiger partial charge is 0.515 e. The van der Waals surface area contributed by atoms with Gasteiger partial charge in [0, 0.05) is 0 Å². The van der Waals surface area contributed by atoms with Gasteiger partial charge in [0.15, 0.2) is 0 Å². The van der Waals surface area contributed by atoms with E-state index in [9.17, 15) is 0 Å². The van der Waals surface area contributed by atoms with Gasteiger partial charge in [0.2, 0.25) is 0 Å². The first kappa shape index (κ1) is 8.12. The van der Waals surface area contributed by atoms with Crippen LogP contribution >= 0.6 is 0 Å². The van der Waals surface area contributed by atoms with Crippen LogP contribution in [0.2, 0.25) is 0 Å². The molecule has 1 unspecified atom stereocenters. The van der Waals surface area contributed by atoms with Crippen LogP contribution in [0.1, 0.15) is 19.8 Å². The lowest BCUT2D eigenvalue weighted by Gasteiger charge is -2.17. The Morgan fingerprint density at radius 1 is 1.82 bits per heavy atom. The molecule has 1 rings (SSSR count). The number of aliphatic hydroxyl groups is 1. The summed E-state index contributed by atoms with van der Waals surface area (Å²) in [5, 5.41) is 8.68. The Balaban J connectivity index is 2.63. The van der Waals surface area contributed by atoms with Crippen LogP contribution in [0.15, 0.2) is 36.1 Å². The number of allylic oxidation sites excluding steroid dienone is 4. The third-order valence-electron chi connectivity index (χ3n) is 2.09. The molecule has 0 aromatic heterocycles. The van der Waals surface area contributed by atoms with E-state index in [-0.39, 0.29) is 0 Å². The van der Waals surface area contributed by atoms with Crippen molar-refractivity contribution in [2.24, 2.45) is 5.92 Å². The zero-order chi connectivity index (χ0) is 8.27. The number of hydrogen-bond donors (Lipinski definition) is 1. The summed E-state index contributed by atoms with van der Waals surface area (Å²) in [6, 6.07) is 0. The van der Waals surface area contributed by atoms with Gasteiger partial charge in [-0.3, -0.25) is 0 Å². The molecule has 0 radical (unpaired) electrons. The second kappa shape index (κ2) is 3.42. The van der Waals surface area contributed by atoms with E-state index in [4.69, 9.17) is 5.11 Å². The molecular weight excluding hydrogens is 136 g/mol. The van der Waals surface area contributed by atoms with Crippen LogP contribution in [0.25, 0.3) is 0 Å². The van der Waals surface area contributed by atoms with E-state index in [1.807, 2.05) is 13.0 Å². The molecular formula is C10H14O. The highest BCUT2D eigenvalue weighted by Gasteiger charge is 2.10. The highest BCUT2D eigenvalue weighted by Crippen LogP contribution is 2.25. The van der Waals surface area contributed by atoms with E-state index in [1.165, 1.54) is 11.8 Å². The Bertz CT molecular complexity index is 211. The fourth-order valence-electron chi connectivity index (χ4n) is 1.26. The van der Waals surface area contributed by atoms with Gasteiger partial charge < -0.3 is 5.11 Å². The third kappa shape index (κ3) is 1.97. The van der Waals surface area contributed by atoms with Gasteiger partial charge in [-0.15, -0.1) is 0 Å². The minimum Gasteiger partial charge on any atom is -0.515 e. The zero-order valence-corrected chi connectivity index (χ0v) is 6.88. The molecule has 0 amide bonds. The lowest BCUT2D eigenvalue weighted by molar-refractivity contribution is 0.463. The maximum Gasteiger partial charge on any atom is 0.0823 e. The first-order chi connectivity index (χ1) is 5.24. The monoisotopic (exact) mass is 150 g/mol. The summed E-state index contributed by atoms with van der Waals surface area (Å²) in [6.07, 6.45) is 7.31. The summed E-state index contributed by atoms with van der Waals surface area (Å²) >= 11 is 0. The molecule has 0 saturated heterocycles. The van der Waals surface area contributed by atoms with Crippen molar-refractivity contribution < 1.29 is 5.11 Å². The Labute approximate surface area is 67.7 Å². The van der Waals surface area contributed by atoms with Crippen molar-refractivity contribution in [1.82, 2.24) is 0 Å². The summed E-state index contributed by atoms with van der Waals surface area (Å²) < 4.78 is 0. The highest BCUT2D eigenvalue weighted by molar-refractivity contribution is 5.24. The van der Waals surface area contributed by atoms with Gasteiger partial charge in [-0.05, 0) is 31.3 Å². The molecule has 0 aromatic rings. The maximum absolute atomic E-state index is 8.68. The zero-order valence-electron chi connectivity index (χ0n) is 6.88. The Hall–Kier alpha value is -0.980. The van der Waals surface area contributed by atoms with Crippen molar-refractivity contribution in [3.63, 3.8) is 0 Å². The molecule has 1 aliphatic rings. The Kier molecular flexibility index (Phi) is 2.53. The van der Waals surface area contributed by atoms with E-state index in [0.717, 1.165) is 18.4 Å². The smallest absolute Gasteiger partial charge is 0.0823 e. The normalized spacial score (nSPS) is 27.4. The highest BCUT2D eigenvalue weighted by atomic mass is 16.2. The van der Waals surface area contributed by atoms with Crippen molar-refractivity contribution in [2.45, 2.75) is 19.8 Å². The van der Waals surface area contributed by atoms with Gasteiger partial charge in [-0.25, -0.2) is 0 Å². The van der Waals surface area contributed by atoms with E-state index >= 15 is 0 Å². The predicted molar refractivity (Wildman–Crippen MR) is 47.4 cm³/mol. The van der Waals surface area contributed by atoms with E-state index in [1.54, 1.807) is 0 Å². The van der Waals surface area contributed by atoms with Crippen LogP contribution in [0.5, 0.6) is 0 Å². The van der Waals surface area contributed by atoms with Crippen molar-refractivity contribution in [2.75, 3.05) is 0 Å². The lowest BCUT2D eigenvalue weighted by atomic mass is 9.89. The molecule has 0 fully saturated rings. The van der Waals surface area contributed by atoms with E-state index in [0.29, 0.717) is 5.92 Å². The van der Waals surface area contributed by atoms with Gasteiger partial charge in [0.05, 0.1) is 6.26 Å². The first-order valence-corrected chi connectivity index (χ1v) is 3.91. The van der Waals surface area contributed by atoms with Gasteiger partial charge >= 0.3 is 0 Å². The molecule has 0 bridgehead atoms. The van der Waals surface area contributed by atoms with Gasteiger partial charge in [-0.1, -0.05) is 24.3 Å². The fraction of sp³-hybridized carbons (Fsp3) is 0.400.